The maximum Gasteiger partial charge on any atom is 0.234 e. The fraction of sp³-hybridized carbons (Fsp3) is 0.389. The first-order valence-electron chi connectivity index (χ1n) is 8.61. The summed E-state index contributed by atoms with van der Waals surface area (Å²) < 4.78 is 5.31. The molecule has 0 saturated carbocycles. The van der Waals surface area contributed by atoms with E-state index in [1.807, 2.05) is 30.3 Å². The molecule has 0 atom stereocenters. The number of methoxy groups -OCH3 is 1. The number of nitrogens with one attached hydrogen (secondary N) is 2. The average Bonchev–Trinajstić information content (AvgIpc) is 2.68. The molecule has 1 aromatic heterocycles. The molecular formula is C18H22ClN5OS. The van der Waals surface area contributed by atoms with Gasteiger partial charge in [0.15, 0.2) is 5.11 Å². The number of benzene rings is 1. The molecule has 0 spiro atoms. The summed E-state index contributed by atoms with van der Waals surface area (Å²) in [4.78, 5) is 11.2. The van der Waals surface area contributed by atoms with Gasteiger partial charge in [-0.25, -0.2) is 0 Å². The second kappa shape index (κ2) is 9.00. The third kappa shape index (κ3) is 5.19. The topological polar surface area (TPSA) is 62.3 Å². The lowest BCUT2D eigenvalue weighted by Gasteiger charge is -2.28. The quantitative estimate of drug-likeness (QED) is 0.755. The molecule has 8 heteroatoms. The van der Waals surface area contributed by atoms with Crippen molar-refractivity contribution in [3.8, 4) is 5.88 Å². The monoisotopic (exact) mass is 391 g/mol. The Bertz CT molecular complexity index is 750. The number of halogens is 1. The molecule has 1 aliphatic heterocycles. The number of thiocarbonyl (C=S) groups is 1. The molecule has 1 aliphatic rings. The zero-order valence-corrected chi connectivity index (χ0v) is 16.2. The molecule has 2 N–H and O–H groups in total. The molecule has 0 bridgehead atoms. The van der Waals surface area contributed by atoms with Crippen molar-refractivity contribution in [2.24, 2.45) is 0 Å². The van der Waals surface area contributed by atoms with Crippen LogP contribution in [0.1, 0.15) is 24.8 Å². The van der Waals surface area contributed by atoms with Crippen molar-refractivity contribution in [1.82, 2.24) is 15.3 Å². The van der Waals surface area contributed by atoms with Crippen molar-refractivity contribution in [1.29, 1.82) is 0 Å². The molecule has 3 rings (SSSR count). The molecule has 2 heterocycles. The highest BCUT2D eigenvalue weighted by Crippen LogP contribution is 2.22. The van der Waals surface area contributed by atoms with E-state index in [0.29, 0.717) is 28.5 Å². The lowest BCUT2D eigenvalue weighted by Crippen LogP contribution is -2.31. The van der Waals surface area contributed by atoms with Gasteiger partial charge in [0.2, 0.25) is 11.8 Å². The van der Waals surface area contributed by atoms with E-state index < -0.39 is 0 Å². The zero-order chi connectivity index (χ0) is 18.4. The van der Waals surface area contributed by atoms with Crippen molar-refractivity contribution in [3.63, 3.8) is 0 Å². The van der Waals surface area contributed by atoms with Crippen molar-refractivity contribution in [2.45, 2.75) is 25.8 Å². The van der Waals surface area contributed by atoms with E-state index in [4.69, 9.17) is 28.6 Å². The summed E-state index contributed by atoms with van der Waals surface area (Å²) in [5.74, 6) is 1.81. The number of piperidine rings is 1. The van der Waals surface area contributed by atoms with Crippen LogP contribution in [0.4, 0.5) is 11.8 Å². The molecular weight excluding hydrogens is 370 g/mol. The molecule has 0 radical (unpaired) electrons. The van der Waals surface area contributed by atoms with E-state index >= 15 is 0 Å². The first kappa shape index (κ1) is 18.7. The Morgan fingerprint density at radius 2 is 1.92 bits per heavy atom. The molecule has 6 nitrogen and oxygen atoms in total. The van der Waals surface area contributed by atoms with Gasteiger partial charge in [0.25, 0.3) is 0 Å². The third-order valence-electron chi connectivity index (χ3n) is 4.17. The maximum atomic E-state index is 5.90. The highest BCUT2D eigenvalue weighted by Gasteiger charge is 2.15. The van der Waals surface area contributed by atoms with Crippen LogP contribution < -0.4 is 20.3 Å². The minimum absolute atomic E-state index is 0.429. The number of hydrogen-bond donors (Lipinski definition) is 2. The van der Waals surface area contributed by atoms with Gasteiger partial charge in [0, 0.05) is 30.7 Å². The van der Waals surface area contributed by atoms with Gasteiger partial charge in [-0.1, -0.05) is 23.7 Å². The van der Waals surface area contributed by atoms with Gasteiger partial charge in [0.1, 0.15) is 5.82 Å². The standard InChI is InChI=1S/C18H22ClN5OS/c1-25-16-11-15(24-9-3-2-4-10-24)21-17(22-16)23-18(26)20-12-13-5-7-14(19)8-6-13/h5-8,11H,2-4,9-10,12H2,1H3,(H2,20,21,22,23,26). The predicted molar refractivity (Wildman–Crippen MR) is 109 cm³/mol. The van der Waals surface area contributed by atoms with Gasteiger partial charge in [-0.05, 0) is 49.2 Å². The van der Waals surface area contributed by atoms with Crippen LogP contribution in [0.25, 0.3) is 0 Å². The van der Waals surface area contributed by atoms with Crippen LogP contribution >= 0.6 is 23.8 Å². The number of aromatic nitrogens is 2. The van der Waals surface area contributed by atoms with Crippen LogP contribution in [0.3, 0.4) is 0 Å². The van der Waals surface area contributed by atoms with E-state index in [1.165, 1.54) is 19.3 Å². The van der Waals surface area contributed by atoms with E-state index in [2.05, 4.69) is 25.5 Å². The number of hydrogen-bond acceptors (Lipinski definition) is 5. The second-order valence-electron chi connectivity index (χ2n) is 6.07. The first-order chi connectivity index (χ1) is 12.6. The minimum Gasteiger partial charge on any atom is -0.481 e. The maximum absolute atomic E-state index is 5.90. The van der Waals surface area contributed by atoms with Crippen molar-refractivity contribution in [2.75, 3.05) is 30.4 Å². The Hall–Kier alpha value is -2.12. The number of nitrogens with zero attached hydrogens (tertiary/aromatic N) is 3. The fourth-order valence-corrected chi connectivity index (χ4v) is 3.08. The van der Waals surface area contributed by atoms with Crippen LogP contribution in [0.2, 0.25) is 5.02 Å². The van der Waals surface area contributed by atoms with Crippen LogP contribution in [-0.2, 0) is 6.54 Å². The molecule has 138 valence electrons. The van der Waals surface area contributed by atoms with Gasteiger partial charge in [0.05, 0.1) is 7.11 Å². The molecule has 1 saturated heterocycles. The lowest BCUT2D eigenvalue weighted by atomic mass is 10.1. The van der Waals surface area contributed by atoms with Crippen molar-refractivity contribution >= 4 is 40.7 Å². The highest BCUT2D eigenvalue weighted by atomic mass is 35.5. The number of rotatable bonds is 5. The summed E-state index contributed by atoms with van der Waals surface area (Å²) in [6, 6.07) is 9.47. The number of ether oxygens (including phenoxy) is 1. The van der Waals surface area contributed by atoms with Gasteiger partial charge in [-0.3, -0.25) is 0 Å². The SMILES string of the molecule is COc1cc(N2CCCCC2)nc(NC(=S)NCc2ccc(Cl)cc2)n1. The van der Waals surface area contributed by atoms with E-state index in [1.54, 1.807) is 7.11 Å². The Kier molecular flexibility index (Phi) is 6.46. The zero-order valence-electron chi connectivity index (χ0n) is 14.7. The van der Waals surface area contributed by atoms with Gasteiger partial charge >= 0.3 is 0 Å². The Morgan fingerprint density at radius 3 is 2.62 bits per heavy atom. The Balaban J connectivity index is 1.63. The fourth-order valence-electron chi connectivity index (χ4n) is 2.79. The van der Waals surface area contributed by atoms with Gasteiger partial charge in [-0.2, -0.15) is 9.97 Å². The summed E-state index contributed by atoms with van der Waals surface area (Å²) in [5, 5.41) is 7.36. The summed E-state index contributed by atoms with van der Waals surface area (Å²) in [6.45, 7) is 2.59. The van der Waals surface area contributed by atoms with Crippen LogP contribution in [0.5, 0.6) is 5.88 Å². The normalized spacial score (nSPS) is 14.0. The van der Waals surface area contributed by atoms with E-state index in [0.717, 1.165) is 24.5 Å². The highest BCUT2D eigenvalue weighted by molar-refractivity contribution is 7.80. The van der Waals surface area contributed by atoms with Crippen LogP contribution in [-0.4, -0.2) is 35.3 Å². The van der Waals surface area contributed by atoms with Crippen LogP contribution in [0, 0.1) is 0 Å². The molecule has 1 aromatic carbocycles. The molecule has 1 fully saturated rings. The summed E-state index contributed by atoms with van der Waals surface area (Å²) in [6.07, 6.45) is 3.62. The third-order valence-corrected chi connectivity index (χ3v) is 4.67. The second-order valence-corrected chi connectivity index (χ2v) is 6.92. The van der Waals surface area contributed by atoms with Crippen LogP contribution in [0.15, 0.2) is 30.3 Å². The average molecular weight is 392 g/mol. The molecule has 0 unspecified atom stereocenters. The molecule has 0 aliphatic carbocycles. The van der Waals surface area contributed by atoms with E-state index in [9.17, 15) is 0 Å². The molecule has 0 amide bonds. The number of anilines is 2. The Morgan fingerprint density at radius 1 is 1.19 bits per heavy atom. The smallest absolute Gasteiger partial charge is 0.234 e. The summed E-state index contributed by atoms with van der Waals surface area (Å²) in [5.41, 5.74) is 1.08. The Labute approximate surface area is 163 Å². The van der Waals surface area contributed by atoms with Crippen molar-refractivity contribution in [3.05, 3.63) is 40.9 Å². The largest absolute Gasteiger partial charge is 0.481 e. The van der Waals surface area contributed by atoms with E-state index in [-0.39, 0.29) is 0 Å². The lowest BCUT2D eigenvalue weighted by molar-refractivity contribution is 0.397. The summed E-state index contributed by atoms with van der Waals surface area (Å²) >= 11 is 11.3. The van der Waals surface area contributed by atoms with Gasteiger partial charge < -0.3 is 20.3 Å². The molecule has 26 heavy (non-hydrogen) atoms. The van der Waals surface area contributed by atoms with Crippen molar-refractivity contribution < 1.29 is 4.74 Å². The minimum atomic E-state index is 0.429. The first-order valence-corrected chi connectivity index (χ1v) is 9.40. The summed E-state index contributed by atoms with van der Waals surface area (Å²) in [7, 11) is 1.60. The van der Waals surface area contributed by atoms with Gasteiger partial charge in [-0.15, -0.1) is 0 Å². The molecule has 2 aromatic rings. The predicted octanol–water partition coefficient (Wildman–Crippen LogP) is 3.62.